The van der Waals surface area contributed by atoms with Crippen molar-refractivity contribution >= 4 is 11.9 Å². The topological polar surface area (TPSA) is 97.8 Å². The fourth-order valence-electron chi connectivity index (χ4n) is 4.34. The zero-order chi connectivity index (χ0) is 21.9. The summed E-state index contributed by atoms with van der Waals surface area (Å²) in [5, 5.41) is 9.76. The summed E-state index contributed by atoms with van der Waals surface area (Å²) in [6.07, 6.45) is 2.17. The maximum absolute atomic E-state index is 13.6. The number of hydrogen-bond donors (Lipinski definition) is 1. The fraction of sp³-hybridized carbons (Fsp3) is 0.619. The largest absolute Gasteiger partial charge is 0.493 e. The lowest BCUT2D eigenvalue weighted by Gasteiger charge is -2.44. The number of hydrogen-bond acceptors (Lipinski definition) is 7. The Bertz CT molecular complexity index is 765. The number of methoxy groups -OCH3 is 3. The molecule has 1 spiro atoms. The van der Waals surface area contributed by atoms with E-state index in [1.54, 1.807) is 12.1 Å². The highest BCUT2D eigenvalue weighted by atomic mass is 16.5. The minimum Gasteiger partial charge on any atom is -0.493 e. The zero-order valence-corrected chi connectivity index (χ0v) is 18.0. The Morgan fingerprint density at radius 2 is 1.73 bits per heavy atom. The second-order valence-corrected chi connectivity index (χ2v) is 7.54. The van der Waals surface area contributed by atoms with E-state index in [1.807, 2.05) is 0 Å². The van der Waals surface area contributed by atoms with Crippen LogP contribution in [0.2, 0.25) is 0 Å². The van der Waals surface area contributed by atoms with E-state index >= 15 is 0 Å². The van der Waals surface area contributed by atoms with Crippen LogP contribution in [0.25, 0.3) is 0 Å². The Hall–Kier alpha value is -2.52. The molecular weight excluding hydrogens is 392 g/mol. The van der Waals surface area contributed by atoms with Gasteiger partial charge in [0.05, 0.1) is 27.9 Å². The molecule has 1 aromatic carbocycles. The van der Waals surface area contributed by atoms with Crippen molar-refractivity contribution in [3.05, 3.63) is 17.7 Å². The highest BCUT2D eigenvalue weighted by Gasteiger charge is 2.54. The number of ether oxygens (including phenoxy) is 4. The molecule has 166 valence electrons. The second-order valence-electron chi connectivity index (χ2n) is 7.54. The van der Waals surface area contributed by atoms with Crippen molar-refractivity contribution in [3.63, 3.8) is 0 Å². The lowest BCUT2D eigenvalue weighted by Crippen LogP contribution is -2.58. The van der Waals surface area contributed by atoms with E-state index in [0.717, 1.165) is 26.1 Å². The lowest BCUT2D eigenvalue weighted by atomic mass is 9.96. The van der Waals surface area contributed by atoms with Gasteiger partial charge in [0, 0.05) is 31.5 Å². The standard InChI is InChI=1S/C21H30N2O7/c1-5-8-22-9-6-21(7-10-22)23(15(13-30-21)20(25)26)19(24)14-11-16(27-2)18(29-4)17(12-14)28-3/h11-12,15H,5-10,13H2,1-4H3,(H,25,26). The molecule has 30 heavy (non-hydrogen) atoms. The minimum absolute atomic E-state index is 0.0285. The third kappa shape index (κ3) is 3.91. The first-order valence-electron chi connectivity index (χ1n) is 10.1. The van der Waals surface area contributed by atoms with Gasteiger partial charge in [-0.1, -0.05) is 6.92 Å². The van der Waals surface area contributed by atoms with Crippen LogP contribution in [0.5, 0.6) is 17.2 Å². The summed E-state index contributed by atoms with van der Waals surface area (Å²) in [5.74, 6) is -0.476. The van der Waals surface area contributed by atoms with Crippen molar-refractivity contribution in [3.8, 4) is 17.2 Å². The minimum atomic E-state index is -1.08. The van der Waals surface area contributed by atoms with Gasteiger partial charge in [-0.3, -0.25) is 9.69 Å². The molecular formula is C21H30N2O7. The van der Waals surface area contributed by atoms with Crippen LogP contribution < -0.4 is 14.2 Å². The second kappa shape index (κ2) is 9.09. The summed E-state index contributed by atoms with van der Waals surface area (Å²) >= 11 is 0. The molecule has 1 amide bonds. The average Bonchev–Trinajstić information content (AvgIpc) is 3.12. The molecule has 9 heteroatoms. The van der Waals surface area contributed by atoms with E-state index in [0.29, 0.717) is 30.1 Å². The molecule has 0 aliphatic carbocycles. The Morgan fingerprint density at radius 3 is 2.20 bits per heavy atom. The number of carboxylic acids is 1. The van der Waals surface area contributed by atoms with Gasteiger partial charge in [-0.05, 0) is 25.1 Å². The molecule has 9 nitrogen and oxygen atoms in total. The fourth-order valence-corrected chi connectivity index (χ4v) is 4.34. The van der Waals surface area contributed by atoms with Crippen LogP contribution in [0.3, 0.4) is 0 Å². The molecule has 2 saturated heterocycles. The van der Waals surface area contributed by atoms with Gasteiger partial charge >= 0.3 is 5.97 Å². The molecule has 1 aromatic rings. The molecule has 1 unspecified atom stereocenters. The molecule has 2 aliphatic rings. The first kappa shape index (κ1) is 22.2. The maximum Gasteiger partial charge on any atom is 0.328 e. The van der Waals surface area contributed by atoms with E-state index in [2.05, 4.69) is 11.8 Å². The number of likely N-dealkylation sites (tertiary alicyclic amines) is 1. The molecule has 0 saturated carbocycles. The number of benzene rings is 1. The third-order valence-corrected chi connectivity index (χ3v) is 5.85. The van der Waals surface area contributed by atoms with Crippen LogP contribution in [0.4, 0.5) is 0 Å². The highest BCUT2D eigenvalue weighted by Crippen LogP contribution is 2.42. The van der Waals surface area contributed by atoms with Crippen molar-refractivity contribution in [1.82, 2.24) is 9.80 Å². The number of carbonyl (C=O) groups is 2. The normalized spacial score (nSPS) is 20.9. The number of nitrogens with zero attached hydrogens (tertiary/aromatic N) is 2. The number of rotatable bonds is 7. The number of piperidine rings is 1. The third-order valence-electron chi connectivity index (χ3n) is 5.85. The van der Waals surface area contributed by atoms with Gasteiger partial charge in [0.15, 0.2) is 17.5 Å². The zero-order valence-electron chi connectivity index (χ0n) is 18.0. The summed E-state index contributed by atoms with van der Waals surface area (Å²) in [6.45, 7) is 4.56. The Morgan fingerprint density at radius 1 is 1.13 bits per heavy atom. The molecule has 1 N–H and O–H groups in total. The van der Waals surface area contributed by atoms with E-state index in [1.165, 1.54) is 26.2 Å². The van der Waals surface area contributed by atoms with Gasteiger partial charge in [-0.2, -0.15) is 0 Å². The molecule has 1 atom stereocenters. The molecule has 0 bridgehead atoms. The van der Waals surface area contributed by atoms with Gasteiger partial charge < -0.3 is 29.0 Å². The first-order chi connectivity index (χ1) is 14.4. The van der Waals surface area contributed by atoms with Gasteiger partial charge in [0.2, 0.25) is 5.75 Å². The quantitative estimate of drug-likeness (QED) is 0.711. The Kier molecular flexibility index (Phi) is 6.72. The number of carbonyl (C=O) groups excluding carboxylic acids is 1. The Labute approximate surface area is 176 Å². The molecule has 2 heterocycles. The lowest BCUT2D eigenvalue weighted by molar-refractivity contribution is -0.143. The monoisotopic (exact) mass is 422 g/mol. The Balaban J connectivity index is 1.97. The molecule has 0 aromatic heterocycles. The predicted molar refractivity (Wildman–Crippen MR) is 108 cm³/mol. The van der Waals surface area contributed by atoms with Crippen LogP contribution in [0.15, 0.2) is 12.1 Å². The predicted octanol–water partition coefficient (Wildman–Crippen LogP) is 1.84. The van der Waals surface area contributed by atoms with Crippen LogP contribution in [-0.2, 0) is 9.53 Å². The highest BCUT2D eigenvalue weighted by molar-refractivity contribution is 5.98. The van der Waals surface area contributed by atoms with Crippen molar-refractivity contribution in [2.24, 2.45) is 0 Å². The van der Waals surface area contributed by atoms with Crippen LogP contribution >= 0.6 is 0 Å². The van der Waals surface area contributed by atoms with Crippen LogP contribution in [-0.4, -0.2) is 86.1 Å². The van der Waals surface area contributed by atoms with Crippen molar-refractivity contribution < 1.29 is 33.6 Å². The summed E-state index contributed by atoms with van der Waals surface area (Å²) in [5.41, 5.74) is -0.665. The average molecular weight is 422 g/mol. The van der Waals surface area contributed by atoms with Gasteiger partial charge in [0.1, 0.15) is 5.72 Å². The van der Waals surface area contributed by atoms with E-state index in [4.69, 9.17) is 18.9 Å². The number of carboxylic acid groups (broad SMARTS) is 1. The molecule has 3 rings (SSSR count). The first-order valence-corrected chi connectivity index (χ1v) is 10.1. The summed E-state index contributed by atoms with van der Waals surface area (Å²) in [4.78, 5) is 29.2. The van der Waals surface area contributed by atoms with Crippen molar-refractivity contribution in [2.75, 3.05) is 47.6 Å². The van der Waals surface area contributed by atoms with Crippen molar-refractivity contribution in [2.45, 2.75) is 38.0 Å². The van der Waals surface area contributed by atoms with Gasteiger partial charge in [-0.15, -0.1) is 0 Å². The van der Waals surface area contributed by atoms with E-state index in [-0.39, 0.29) is 12.2 Å². The van der Waals surface area contributed by atoms with Gasteiger partial charge in [0.25, 0.3) is 5.91 Å². The smallest absolute Gasteiger partial charge is 0.328 e. The maximum atomic E-state index is 13.6. The van der Waals surface area contributed by atoms with E-state index < -0.39 is 23.6 Å². The van der Waals surface area contributed by atoms with Crippen LogP contribution in [0.1, 0.15) is 36.5 Å². The number of aliphatic carboxylic acids is 1. The summed E-state index contributed by atoms with van der Waals surface area (Å²) in [6, 6.07) is 2.04. The molecule has 2 fully saturated rings. The molecule has 0 radical (unpaired) electrons. The van der Waals surface area contributed by atoms with Crippen LogP contribution in [0, 0.1) is 0 Å². The number of amides is 1. The van der Waals surface area contributed by atoms with E-state index in [9.17, 15) is 14.7 Å². The summed E-state index contributed by atoms with van der Waals surface area (Å²) in [7, 11) is 4.42. The SMILES string of the molecule is CCCN1CCC2(CC1)OCC(C(=O)O)N2C(=O)c1cc(OC)c(OC)c(OC)c1. The van der Waals surface area contributed by atoms with Gasteiger partial charge in [-0.25, -0.2) is 4.79 Å². The summed E-state index contributed by atoms with van der Waals surface area (Å²) < 4.78 is 22.0. The van der Waals surface area contributed by atoms with Crippen molar-refractivity contribution in [1.29, 1.82) is 0 Å². The molecule has 2 aliphatic heterocycles.